The highest BCUT2D eigenvalue weighted by Gasteiger charge is 2.33. The first-order valence-corrected chi connectivity index (χ1v) is 13.7. The summed E-state index contributed by atoms with van der Waals surface area (Å²) >= 11 is 1.71. The number of piperazine rings is 1. The molecule has 0 saturated carbocycles. The van der Waals surface area contributed by atoms with Crippen LogP contribution in [0, 0.1) is 6.92 Å². The van der Waals surface area contributed by atoms with Crippen molar-refractivity contribution >= 4 is 37.6 Å². The van der Waals surface area contributed by atoms with Crippen molar-refractivity contribution in [3.8, 4) is 0 Å². The predicted molar refractivity (Wildman–Crippen MR) is 150 cm³/mol. The van der Waals surface area contributed by atoms with Crippen molar-refractivity contribution in [2.24, 2.45) is 0 Å². The number of tetrazole rings is 1. The molecule has 5 heterocycles. The van der Waals surface area contributed by atoms with Gasteiger partial charge in [0.25, 0.3) is 5.56 Å². The molecule has 1 atom stereocenters. The molecule has 0 radical (unpaired) electrons. The summed E-state index contributed by atoms with van der Waals surface area (Å²) in [5.74, 6) is 1.35. The second-order valence-corrected chi connectivity index (χ2v) is 10.8. The standard InChI is InChI=1S/C28H26N8O2S/c1-18-6-4-7-19-16-21(27(37)30-24(18)19)25(26-31-32-33-36(26)17-20-8-5-15-38-20)34-11-13-35(14-12-34)28-29-22-9-2-3-10-23(22)39-28/h2-10,15-16,25H,11-14,17H2,1H3,(H,30,37). The number of para-hydroxylation sites is 2. The van der Waals surface area contributed by atoms with Gasteiger partial charge in [0.2, 0.25) is 0 Å². The summed E-state index contributed by atoms with van der Waals surface area (Å²) in [4.78, 5) is 26.2. The van der Waals surface area contributed by atoms with Crippen molar-refractivity contribution in [3.05, 3.63) is 100.0 Å². The van der Waals surface area contributed by atoms with Crippen LogP contribution >= 0.6 is 11.3 Å². The lowest BCUT2D eigenvalue weighted by Crippen LogP contribution is -2.49. The fourth-order valence-corrected chi connectivity index (χ4v) is 6.36. The Kier molecular flexibility index (Phi) is 5.94. The summed E-state index contributed by atoms with van der Waals surface area (Å²) in [6.45, 7) is 5.38. The first-order chi connectivity index (χ1) is 19.1. The monoisotopic (exact) mass is 538 g/mol. The maximum Gasteiger partial charge on any atom is 0.253 e. The Bertz CT molecular complexity index is 1780. The molecule has 11 heteroatoms. The van der Waals surface area contributed by atoms with Crippen LogP contribution in [0.2, 0.25) is 0 Å². The zero-order valence-corrected chi connectivity index (χ0v) is 22.1. The summed E-state index contributed by atoms with van der Waals surface area (Å²) in [5.41, 5.74) is 3.38. The molecular formula is C28H26N8O2S. The lowest BCUT2D eigenvalue weighted by molar-refractivity contribution is 0.200. The maximum absolute atomic E-state index is 13.6. The van der Waals surface area contributed by atoms with E-state index in [0.717, 1.165) is 59.1 Å². The highest BCUT2D eigenvalue weighted by Crippen LogP contribution is 2.32. The first-order valence-electron chi connectivity index (χ1n) is 12.9. The molecule has 1 aliphatic rings. The summed E-state index contributed by atoms with van der Waals surface area (Å²) in [5, 5.41) is 14.7. The van der Waals surface area contributed by atoms with E-state index in [2.05, 4.69) is 36.4 Å². The number of pyridine rings is 1. The topological polar surface area (TPSA) is 109 Å². The molecular weight excluding hydrogens is 512 g/mol. The van der Waals surface area contributed by atoms with E-state index < -0.39 is 6.04 Å². The van der Waals surface area contributed by atoms with Crippen LogP contribution in [0.1, 0.15) is 28.8 Å². The highest BCUT2D eigenvalue weighted by atomic mass is 32.1. The smallest absolute Gasteiger partial charge is 0.253 e. The fraction of sp³-hybridized carbons (Fsp3) is 0.250. The summed E-state index contributed by atoms with van der Waals surface area (Å²) in [6, 6.07) is 19.5. The minimum Gasteiger partial charge on any atom is -0.467 e. The molecule has 7 rings (SSSR count). The van der Waals surface area contributed by atoms with Crippen molar-refractivity contribution in [1.29, 1.82) is 0 Å². The third-order valence-corrected chi connectivity index (χ3v) is 8.43. The molecule has 1 saturated heterocycles. The normalized spacial score (nSPS) is 15.4. The van der Waals surface area contributed by atoms with Gasteiger partial charge in [-0.15, -0.1) is 5.10 Å². The van der Waals surface area contributed by atoms with Crippen LogP contribution in [-0.4, -0.2) is 61.3 Å². The number of hydrogen-bond donors (Lipinski definition) is 1. The van der Waals surface area contributed by atoms with Crippen molar-refractivity contribution in [2.75, 3.05) is 31.1 Å². The van der Waals surface area contributed by atoms with Gasteiger partial charge in [-0.3, -0.25) is 9.69 Å². The van der Waals surface area contributed by atoms with Gasteiger partial charge < -0.3 is 14.3 Å². The van der Waals surface area contributed by atoms with Gasteiger partial charge in [-0.25, -0.2) is 9.67 Å². The second-order valence-electron chi connectivity index (χ2n) is 9.76. The number of aromatic amines is 1. The number of anilines is 1. The van der Waals surface area contributed by atoms with Crippen molar-refractivity contribution in [1.82, 2.24) is 35.1 Å². The van der Waals surface area contributed by atoms with E-state index in [4.69, 9.17) is 9.40 Å². The Morgan fingerprint density at radius 1 is 1.05 bits per heavy atom. The Hall–Kier alpha value is -4.35. The average Bonchev–Trinajstić information content (AvgIpc) is 3.72. The molecule has 196 valence electrons. The zero-order valence-electron chi connectivity index (χ0n) is 21.3. The van der Waals surface area contributed by atoms with Gasteiger partial charge in [0, 0.05) is 31.7 Å². The Labute approximate surface area is 227 Å². The van der Waals surface area contributed by atoms with Crippen molar-refractivity contribution < 1.29 is 4.42 Å². The van der Waals surface area contributed by atoms with E-state index in [9.17, 15) is 4.79 Å². The number of thiazole rings is 1. The number of nitrogens with one attached hydrogen (secondary N) is 1. The number of nitrogens with zero attached hydrogens (tertiary/aromatic N) is 7. The van der Waals surface area contributed by atoms with Gasteiger partial charge in [-0.1, -0.05) is 41.7 Å². The Morgan fingerprint density at radius 3 is 2.74 bits per heavy atom. The number of H-pyrrole nitrogens is 1. The van der Waals surface area contributed by atoms with Gasteiger partial charge in [0.05, 0.1) is 22.0 Å². The zero-order chi connectivity index (χ0) is 26.3. The molecule has 0 spiro atoms. The molecule has 1 N–H and O–H groups in total. The lowest BCUT2D eigenvalue weighted by Gasteiger charge is -2.38. The van der Waals surface area contributed by atoms with E-state index in [1.54, 1.807) is 22.3 Å². The Balaban J connectivity index is 1.25. The number of furan rings is 1. The fourth-order valence-electron chi connectivity index (χ4n) is 5.34. The summed E-state index contributed by atoms with van der Waals surface area (Å²) < 4.78 is 8.47. The molecule has 1 unspecified atom stereocenters. The highest BCUT2D eigenvalue weighted by molar-refractivity contribution is 7.22. The minimum atomic E-state index is -0.429. The molecule has 4 aromatic heterocycles. The van der Waals surface area contributed by atoms with Crippen LogP contribution in [0.4, 0.5) is 5.13 Å². The van der Waals surface area contributed by atoms with Gasteiger partial charge >= 0.3 is 0 Å². The average molecular weight is 539 g/mol. The molecule has 10 nitrogen and oxygen atoms in total. The largest absolute Gasteiger partial charge is 0.467 e. The predicted octanol–water partition coefficient (Wildman–Crippen LogP) is 3.99. The number of rotatable bonds is 6. The molecule has 1 aliphatic heterocycles. The van der Waals surface area contributed by atoms with Crippen LogP contribution in [0.15, 0.2) is 76.1 Å². The molecule has 2 aromatic carbocycles. The van der Waals surface area contributed by atoms with Gasteiger partial charge in [-0.2, -0.15) is 0 Å². The third kappa shape index (κ3) is 4.39. The van der Waals surface area contributed by atoms with E-state index >= 15 is 0 Å². The van der Waals surface area contributed by atoms with Crippen LogP contribution in [0.3, 0.4) is 0 Å². The minimum absolute atomic E-state index is 0.136. The van der Waals surface area contributed by atoms with Gasteiger partial charge in [0.15, 0.2) is 11.0 Å². The summed E-state index contributed by atoms with van der Waals surface area (Å²) in [7, 11) is 0. The van der Waals surface area contributed by atoms with Gasteiger partial charge in [-0.05, 0) is 58.6 Å². The molecule has 0 bridgehead atoms. The van der Waals surface area contributed by atoms with Gasteiger partial charge in [0.1, 0.15) is 18.3 Å². The van der Waals surface area contributed by atoms with E-state index in [1.807, 2.05) is 61.5 Å². The number of aryl methyl sites for hydroxylation is 1. The maximum atomic E-state index is 13.6. The molecule has 6 aromatic rings. The molecule has 39 heavy (non-hydrogen) atoms. The van der Waals surface area contributed by atoms with Crippen molar-refractivity contribution in [2.45, 2.75) is 19.5 Å². The quantitative estimate of drug-likeness (QED) is 0.339. The van der Waals surface area contributed by atoms with Crippen LogP contribution in [0.5, 0.6) is 0 Å². The second kappa shape index (κ2) is 9.75. The lowest BCUT2D eigenvalue weighted by atomic mass is 10.0. The SMILES string of the molecule is Cc1cccc2cc(C(c3nnnn3Cc3ccco3)N3CCN(c4nc5ccccc5s4)CC3)c(=O)[nH]c12. The van der Waals surface area contributed by atoms with Crippen molar-refractivity contribution in [3.63, 3.8) is 0 Å². The molecule has 0 amide bonds. The first kappa shape index (κ1) is 23.7. The number of fused-ring (bicyclic) bond motifs is 2. The van der Waals surface area contributed by atoms with Crippen LogP contribution in [0.25, 0.3) is 21.1 Å². The van der Waals surface area contributed by atoms with Crippen LogP contribution in [-0.2, 0) is 6.54 Å². The summed E-state index contributed by atoms with van der Waals surface area (Å²) in [6.07, 6.45) is 1.63. The number of benzene rings is 2. The third-order valence-electron chi connectivity index (χ3n) is 7.33. The number of aromatic nitrogens is 6. The Morgan fingerprint density at radius 2 is 1.92 bits per heavy atom. The van der Waals surface area contributed by atoms with E-state index in [0.29, 0.717) is 17.9 Å². The molecule has 1 fully saturated rings. The van der Waals surface area contributed by atoms with Crippen LogP contribution < -0.4 is 10.5 Å². The number of hydrogen-bond acceptors (Lipinski definition) is 9. The van der Waals surface area contributed by atoms with E-state index in [-0.39, 0.29) is 5.56 Å². The van der Waals surface area contributed by atoms with E-state index in [1.165, 1.54) is 4.70 Å². The molecule has 0 aliphatic carbocycles.